The van der Waals surface area contributed by atoms with E-state index in [0.717, 1.165) is 5.92 Å². The first-order valence-electron chi connectivity index (χ1n) is 6.47. The SMILES string of the molecule is C/C=C/C(CC)CCCCCCCC. The van der Waals surface area contributed by atoms with Gasteiger partial charge in [-0.15, -0.1) is 0 Å². The Hall–Kier alpha value is -0.260. The topological polar surface area (TPSA) is 0 Å². The summed E-state index contributed by atoms with van der Waals surface area (Å²) in [5, 5.41) is 0. The van der Waals surface area contributed by atoms with Gasteiger partial charge in [0.2, 0.25) is 0 Å². The molecule has 0 N–H and O–H groups in total. The molecule has 0 aromatic rings. The van der Waals surface area contributed by atoms with E-state index in [2.05, 4.69) is 32.9 Å². The molecule has 0 amide bonds. The molecule has 0 aromatic heterocycles. The minimum absolute atomic E-state index is 0.839. The van der Waals surface area contributed by atoms with Gasteiger partial charge >= 0.3 is 0 Å². The summed E-state index contributed by atoms with van der Waals surface area (Å²) in [4.78, 5) is 0. The van der Waals surface area contributed by atoms with Crippen LogP contribution in [0.25, 0.3) is 0 Å². The fraction of sp³-hybridized carbons (Fsp3) is 0.857. The van der Waals surface area contributed by atoms with Gasteiger partial charge in [0, 0.05) is 0 Å². The fourth-order valence-corrected chi connectivity index (χ4v) is 1.90. The molecule has 0 saturated heterocycles. The highest BCUT2D eigenvalue weighted by atomic mass is 14.1. The second-order valence-electron chi connectivity index (χ2n) is 4.25. The zero-order chi connectivity index (χ0) is 10.6. The van der Waals surface area contributed by atoms with Crippen molar-refractivity contribution in [1.82, 2.24) is 0 Å². The van der Waals surface area contributed by atoms with Crippen LogP contribution in [0.1, 0.15) is 72.1 Å². The zero-order valence-corrected chi connectivity index (χ0v) is 10.4. The molecule has 0 bridgehead atoms. The first-order valence-corrected chi connectivity index (χ1v) is 6.47. The van der Waals surface area contributed by atoms with Crippen molar-refractivity contribution in [2.45, 2.75) is 72.1 Å². The highest BCUT2D eigenvalue weighted by Crippen LogP contribution is 2.16. The van der Waals surface area contributed by atoms with Gasteiger partial charge in [0.1, 0.15) is 0 Å². The molecule has 0 nitrogen and oxygen atoms in total. The van der Waals surface area contributed by atoms with Crippen LogP contribution in [0.15, 0.2) is 12.2 Å². The summed E-state index contributed by atoms with van der Waals surface area (Å²) in [5.74, 6) is 0.839. The van der Waals surface area contributed by atoms with Gasteiger partial charge in [-0.1, -0.05) is 64.5 Å². The van der Waals surface area contributed by atoms with E-state index in [4.69, 9.17) is 0 Å². The van der Waals surface area contributed by atoms with Crippen molar-refractivity contribution in [2.24, 2.45) is 5.92 Å². The molecule has 0 radical (unpaired) electrons. The van der Waals surface area contributed by atoms with E-state index >= 15 is 0 Å². The molecule has 1 unspecified atom stereocenters. The van der Waals surface area contributed by atoms with Gasteiger partial charge in [0.05, 0.1) is 0 Å². The molecule has 0 heterocycles. The highest BCUT2D eigenvalue weighted by molar-refractivity contribution is 4.84. The number of rotatable bonds is 9. The Morgan fingerprint density at radius 2 is 1.57 bits per heavy atom. The summed E-state index contributed by atoms with van der Waals surface area (Å²) in [6.07, 6.45) is 15.8. The molecule has 14 heavy (non-hydrogen) atoms. The molecule has 0 saturated carbocycles. The van der Waals surface area contributed by atoms with E-state index in [1.165, 1.54) is 51.4 Å². The van der Waals surface area contributed by atoms with E-state index in [1.807, 2.05) is 0 Å². The summed E-state index contributed by atoms with van der Waals surface area (Å²) in [6.45, 7) is 6.70. The highest BCUT2D eigenvalue weighted by Gasteiger charge is 2.00. The Kier molecular flexibility index (Phi) is 10.6. The third kappa shape index (κ3) is 8.34. The molecule has 0 aliphatic rings. The molecule has 0 rings (SSSR count). The molecular weight excluding hydrogens is 168 g/mol. The quantitative estimate of drug-likeness (QED) is 0.345. The predicted molar refractivity (Wildman–Crippen MR) is 66.6 cm³/mol. The fourth-order valence-electron chi connectivity index (χ4n) is 1.90. The minimum atomic E-state index is 0.839. The largest absolute Gasteiger partial charge is 0.0914 e. The first-order chi connectivity index (χ1) is 6.85. The molecule has 84 valence electrons. The van der Waals surface area contributed by atoms with Gasteiger partial charge in [-0.05, 0) is 25.7 Å². The summed E-state index contributed by atoms with van der Waals surface area (Å²) < 4.78 is 0. The summed E-state index contributed by atoms with van der Waals surface area (Å²) in [5.41, 5.74) is 0. The van der Waals surface area contributed by atoms with Crippen molar-refractivity contribution >= 4 is 0 Å². The van der Waals surface area contributed by atoms with Gasteiger partial charge in [0.25, 0.3) is 0 Å². The summed E-state index contributed by atoms with van der Waals surface area (Å²) in [6, 6.07) is 0. The van der Waals surface area contributed by atoms with Gasteiger partial charge in [-0.2, -0.15) is 0 Å². The maximum absolute atomic E-state index is 2.37. The van der Waals surface area contributed by atoms with Crippen molar-refractivity contribution < 1.29 is 0 Å². The number of hydrogen-bond donors (Lipinski definition) is 0. The maximum atomic E-state index is 2.37. The monoisotopic (exact) mass is 196 g/mol. The summed E-state index contributed by atoms with van der Waals surface area (Å²) >= 11 is 0. The molecule has 1 atom stereocenters. The third-order valence-electron chi connectivity index (χ3n) is 2.92. The van der Waals surface area contributed by atoms with Crippen LogP contribution < -0.4 is 0 Å². The Balaban J connectivity index is 3.24. The van der Waals surface area contributed by atoms with E-state index in [1.54, 1.807) is 0 Å². The summed E-state index contributed by atoms with van der Waals surface area (Å²) in [7, 11) is 0. The Morgan fingerprint density at radius 1 is 0.929 bits per heavy atom. The van der Waals surface area contributed by atoms with Gasteiger partial charge < -0.3 is 0 Å². The van der Waals surface area contributed by atoms with Crippen LogP contribution in [0.2, 0.25) is 0 Å². The number of unbranched alkanes of at least 4 members (excludes halogenated alkanes) is 5. The standard InChI is InChI=1S/C14H28/c1-4-7-8-9-10-11-13-14(6-3)12-5-2/h5,12,14H,4,6-11,13H2,1-3H3/b12-5+. The van der Waals surface area contributed by atoms with Crippen LogP contribution in [-0.2, 0) is 0 Å². The van der Waals surface area contributed by atoms with Gasteiger partial charge in [-0.25, -0.2) is 0 Å². The van der Waals surface area contributed by atoms with Crippen molar-refractivity contribution in [3.8, 4) is 0 Å². The van der Waals surface area contributed by atoms with Crippen LogP contribution in [0.4, 0.5) is 0 Å². The lowest BCUT2D eigenvalue weighted by atomic mass is 9.97. The van der Waals surface area contributed by atoms with Crippen molar-refractivity contribution in [2.75, 3.05) is 0 Å². The van der Waals surface area contributed by atoms with Crippen molar-refractivity contribution in [3.63, 3.8) is 0 Å². The van der Waals surface area contributed by atoms with Crippen molar-refractivity contribution in [1.29, 1.82) is 0 Å². The molecular formula is C14H28. The average Bonchev–Trinajstić information content (AvgIpc) is 2.21. The lowest BCUT2D eigenvalue weighted by Crippen LogP contribution is -1.94. The van der Waals surface area contributed by atoms with E-state index in [-0.39, 0.29) is 0 Å². The normalized spacial score (nSPS) is 13.6. The molecule has 0 aromatic carbocycles. The second kappa shape index (κ2) is 10.8. The van der Waals surface area contributed by atoms with Gasteiger partial charge in [-0.3, -0.25) is 0 Å². The van der Waals surface area contributed by atoms with Crippen LogP contribution in [0, 0.1) is 5.92 Å². The number of allylic oxidation sites excluding steroid dienone is 2. The van der Waals surface area contributed by atoms with E-state index in [0.29, 0.717) is 0 Å². The van der Waals surface area contributed by atoms with Crippen LogP contribution in [-0.4, -0.2) is 0 Å². The third-order valence-corrected chi connectivity index (χ3v) is 2.92. The van der Waals surface area contributed by atoms with Gasteiger partial charge in [0.15, 0.2) is 0 Å². The van der Waals surface area contributed by atoms with E-state index in [9.17, 15) is 0 Å². The minimum Gasteiger partial charge on any atom is -0.0914 e. The molecule has 0 fully saturated rings. The van der Waals surface area contributed by atoms with Crippen LogP contribution >= 0.6 is 0 Å². The number of hydrogen-bond acceptors (Lipinski definition) is 0. The second-order valence-corrected chi connectivity index (χ2v) is 4.25. The molecule has 0 aliphatic heterocycles. The first kappa shape index (κ1) is 13.7. The smallest absolute Gasteiger partial charge is 0.0236 e. The predicted octanol–water partition coefficient (Wildman–Crippen LogP) is 5.34. The van der Waals surface area contributed by atoms with E-state index < -0.39 is 0 Å². The lowest BCUT2D eigenvalue weighted by Gasteiger charge is -2.09. The zero-order valence-electron chi connectivity index (χ0n) is 10.4. The molecule has 0 spiro atoms. The molecule has 0 aliphatic carbocycles. The Morgan fingerprint density at radius 3 is 2.14 bits per heavy atom. The maximum Gasteiger partial charge on any atom is -0.0236 e. The lowest BCUT2D eigenvalue weighted by molar-refractivity contribution is 0.508. The van der Waals surface area contributed by atoms with Crippen LogP contribution in [0.5, 0.6) is 0 Å². The molecule has 0 heteroatoms. The Labute approximate surface area is 90.8 Å². The average molecular weight is 196 g/mol. The Bertz CT molecular complexity index is 124. The van der Waals surface area contributed by atoms with Crippen LogP contribution in [0.3, 0.4) is 0 Å². The van der Waals surface area contributed by atoms with Crippen molar-refractivity contribution in [3.05, 3.63) is 12.2 Å².